The summed E-state index contributed by atoms with van der Waals surface area (Å²) in [4.78, 5) is 4.19. The SMILES string of the molecule is CN[C@H]1[C@@H](O)[C@@H](N)[C@H](O)C2O[C@@H]3O[C@H](C)C[C@@](O)(CNCc4nccs4)[C@]3(O)O[C@@H]21. The maximum absolute atomic E-state index is 11.5. The van der Waals surface area contributed by atoms with E-state index in [0.29, 0.717) is 6.54 Å². The fourth-order valence-corrected chi connectivity index (χ4v) is 5.22. The fourth-order valence-electron chi connectivity index (χ4n) is 4.63. The van der Waals surface area contributed by atoms with Gasteiger partial charge in [0.25, 0.3) is 0 Å². The smallest absolute Gasteiger partial charge is 0.249 e. The zero-order chi connectivity index (χ0) is 21.7. The summed E-state index contributed by atoms with van der Waals surface area (Å²) in [5.41, 5.74) is 4.19. The van der Waals surface area contributed by atoms with Crippen LogP contribution in [-0.4, -0.2) is 99.3 Å². The Bertz CT molecular complexity index is 729. The standard InChI is InChI=1S/C18H30N4O7S/c1-8-5-17(25,7-21-6-9-22-3-4-30-9)18(26)16(27-8)28-15-13(24)10(19)12(23)11(20-2)14(15)29-18/h3-4,8,10-16,20-21,23-26H,5-7,19H2,1-2H3/t8-,10-,11+,12+,13+,14-,15?,16+,17-,18-/m1/s1. The summed E-state index contributed by atoms with van der Waals surface area (Å²) in [6, 6.07) is -1.70. The molecule has 170 valence electrons. The number of hydrogen-bond acceptors (Lipinski definition) is 12. The van der Waals surface area contributed by atoms with E-state index in [1.54, 1.807) is 20.2 Å². The number of nitrogens with one attached hydrogen (secondary N) is 2. The molecule has 2 saturated heterocycles. The number of aliphatic hydroxyl groups is 4. The lowest BCUT2D eigenvalue weighted by Gasteiger charge is -2.60. The summed E-state index contributed by atoms with van der Waals surface area (Å²) >= 11 is 1.48. The average Bonchev–Trinajstić information content (AvgIpc) is 3.20. The third-order valence-corrected chi connectivity index (χ3v) is 7.02. The van der Waals surface area contributed by atoms with Crippen molar-refractivity contribution >= 4 is 11.3 Å². The van der Waals surface area contributed by atoms with E-state index in [0.717, 1.165) is 5.01 Å². The summed E-state index contributed by atoms with van der Waals surface area (Å²) in [5.74, 6) is -2.23. The van der Waals surface area contributed by atoms with Crippen LogP contribution in [0.1, 0.15) is 18.4 Å². The van der Waals surface area contributed by atoms with E-state index in [4.69, 9.17) is 19.9 Å². The van der Waals surface area contributed by atoms with Crippen LogP contribution in [0, 0.1) is 0 Å². The van der Waals surface area contributed by atoms with Gasteiger partial charge in [-0.2, -0.15) is 0 Å². The van der Waals surface area contributed by atoms with E-state index in [1.807, 2.05) is 5.38 Å². The Kier molecular flexibility index (Phi) is 6.20. The van der Waals surface area contributed by atoms with Crippen LogP contribution >= 0.6 is 11.3 Å². The van der Waals surface area contributed by atoms with Gasteiger partial charge in [-0.3, -0.25) is 0 Å². The maximum Gasteiger partial charge on any atom is 0.249 e. The molecule has 0 amide bonds. The van der Waals surface area contributed by atoms with Crippen molar-refractivity contribution in [2.75, 3.05) is 13.6 Å². The molecular formula is C18H30N4O7S. The Labute approximate surface area is 178 Å². The Balaban J connectivity index is 1.58. The lowest BCUT2D eigenvalue weighted by Crippen LogP contribution is -2.81. The first-order valence-corrected chi connectivity index (χ1v) is 10.9. The number of nitrogens with zero attached hydrogens (tertiary/aromatic N) is 1. The fraction of sp³-hybridized carbons (Fsp3) is 0.833. The minimum atomic E-state index is -2.23. The van der Waals surface area contributed by atoms with Crippen molar-refractivity contribution in [3.8, 4) is 0 Å². The molecule has 1 unspecified atom stereocenters. The average molecular weight is 447 g/mol. The molecule has 3 fully saturated rings. The second-order valence-corrected chi connectivity index (χ2v) is 9.28. The van der Waals surface area contributed by atoms with E-state index >= 15 is 0 Å². The van der Waals surface area contributed by atoms with Crippen LogP contribution in [0.3, 0.4) is 0 Å². The van der Waals surface area contributed by atoms with Crippen LogP contribution in [0.25, 0.3) is 0 Å². The number of likely N-dealkylation sites (N-methyl/N-ethyl adjacent to an activating group) is 1. The molecule has 1 aromatic rings. The van der Waals surface area contributed by atoms with Crippen LogP contribution in [0.5, 0.6) is 0 Å². The molecule has 3 aliphatic rings. The molecule has 30 heavy (non-hydrogen) atoms. The highest BCUT2D eigenvalue weighted by Gasteiger charge is 2.68. The van der Waals surface area contributed by atoms with Crippen LogP contribution in [0.4, 0.5) is 0 Å². The maximum atomic E-state index is 11.5. The highest BCUT2D eigenvalue weighted by molar-refractivity contribution is 7.09. The zero-order valence-corrected chi connectivity index (χ0v) is 17.7. The number of thiazole rings is 1. The van der Waals surface area contributed by atoms with Gasteiger partial charge in [0, 0.05) is 31.1 Å². The molecule has 2 aliphatic heterocycles. The molecule has 3 heterocycles. The van der Waals surface area contributed by atoms with Gasteiger partial charge in [0.1, 0.15) is 28.9 Å². The van der Waals surface area contributed by atoms with Gasteiger partial charge in [-0.15, -0.1) is 11.3 Å². The van der Waals surface area contributed by atoms with Crippen molar-refractivity contribution < 1.29 is 34.6 Å². The first-order chi connectivity index (χ1) is 14.2. The van der Waals surface area contributed by atoms with Crippen LogP contribution in [0.2, 0.25) is 0 Å². The van der Waals surface area contributed by atoms with Gasteiger partial charge in [-0.1, -0.05) is 0 Å². The van der Waals surface area contributed by atoms with Crippen molar-refractivity contribution in [3.05, 3.63) is 16.6 Å². The molecule has 10 atom stereocenters. The Morgan fingerprint density at radius 2 is 2.03 bits per heavy atom. The predicted octanol–water partition coefficient (Wildman–Crippen LogP) is -2.78. The van der Waals surface area contributed by atoms with Gasteiger partial charge < -0.3 is 51.0 Å². The van der Waals surface area contributed by atoms with E-state index < -0.39 is 60.3 Å². The lowest BCUT2D eigenvalue weighted by molar-refractivity contribution is -0.481. The third-order valence-electron chi connectivity index (χ3n) is 6.25. The van der Waals surface area contributed by atoms with Crippen LogP contribution in [-0.2, 0) is 20.8 Å². The second kappa shape index (κ2) is 8.30. The number of rotatable bonds is 5. The summed E-state index contributed by atoms with van der Waals surface area (Å²) in [6.45, 7) is 2.15. The first-order valence-electron chi connectivity index (χ1n) is 10.0. The van der Waals surface area contributed by atoms with Crippen molar-refractivity contribution in [2.45, 2.75) is 80.2 Å². The minimum absolute atomic E-state index is 0.0110. The van der Waals surface area contributed by atoms with E-state index in [2.05, 4.69) is 15.6 Å². The number of aromatic nitrogens is 1. The van der Waals surface area contributed by atoms with Gasteiger partial charge in [0.05, 0.1) is 24.3 Å². The van der Waals surface area contributed by atoms with Gasteiger partial charge in [-0.05, 0) is 14.0 Å². The number of fused-ring (bicyclic) bond motifs is 2. The third kappa shape index (κ3) is 3.59. The zero-order valence-electron chi connectivity index (χ0n) is 16.8. The van der Waals surface area contributed by atoms with Crippen molar-refractivity contribution in [1.82, 2.24) is 15.6 Å². The molecular weight excluding hydrogens is 416 g/mol. The Morgan fingerprint density at radius 3 is 2.70 bits per heavy atom. The van der Waals surface area contributed by atoms with Crippen LogP contribution in [0.15, 0.2) is 11.6 Å². The number of nitrogens with two attached hydrogens (primary N) is 1. The molecule has 1 aromatic heterocycles. The molecule has 8 N–H and O–H groups in total. The quantitative estimate of drug-likeness (QED) is 0.249. The van der Waals surface area contributed by atoms with Gasteiger partial charge in [0.15, 0.2) is 0 Å². The molecule has 0 bridgehead atoms. The Morgan fingerprint density at radius 1 is 1.27 bits per heavy atom. The van der Waals surface area contributed by atoms with Gasteiger partial charge in [0.2, 0.25) is 12.1 Å². The van der Waals surface area contributed by atoms with E-state index in [1.165, 1.54) is 11.3 Å². The molecule has 1 aliphatic carbocycles. The molecule has 1 saturated carbocycles. The molecule has 0 radical (unpaired) electrons. The topological polar surface area (TPSA) is 172 Å². The molecule has 12 heteroatoms. The summed E-state index contributed by atoms with van der Waals surface area (Å²) in [5, 5.41) is 52.7. The molecule has 4 rings (SSSR count). The van der Waals surface area contributed by atoms with E-state index in [9.17, 15) is 20.4 Å². The summed E-state index contributed by atoms with van der Waals surface area (Å²) < 4.78 is 17.6. The van der Waals surface area contributed by atoms with Crippen molar-refractivity contribution in [2.24, 2.45) is 5.73 Å². The largest absolute Gasteiger partial charge is 0.390 e. The van der Waals surface area contributed by atoms with E-state index in [-0.39, 0.29) is 13.0 Å². The normalized spacial score (nSPS) is 48.8. The minimum Gasteiger partial charge on any atom is -0.390 e. The van der Waals surface area contributed by atoms with Crippen LogP contribution < -0.4 is 16.4 Å². The summed E-state index contributed by atoms with van der Waals surface area (Å²) in [7, 11) is 1.61. The van der Waals surface area contributed by atoms with Crippen molar-refractivity contribution in [1.29, 1.82) is 0 Å². The number of aliphatic hydroxyl groups excluding tert-OH is 2. The molecule has 11 nitrogen and oxygen atoms in total. The van der Waals surface area contributed by atoms with Gasteiger partial charge >= 0.3 is 0 Å². The second-order valence-electron chi connectivity index (χ2n) is 8.30. The Hall–Kier alpha value is -0.770. The molecule has 0 spiro atoms. The monoisotopic (exact) mass is 446 g/mol. The summed E-state index contributed by atoms with van der Waals surface area (Å²) in [6.07, 6.45) is -4.32. The first kappa shape index (κ1) is 22.4. The number of hydrogen-bond donors (Lipinski definition) is 7. The predicted molar refractivity (Wildman–Crippen MR) is 105 cm³/mol. The van der Waals surface area contributed by atoms with Crippen molar-refractivity contribution in [3.63, 3.8) is 0 Å². The lowest BCUT2D eigenvalue weighted by atomic mass is 9.78. The highest BCUT2D eigenvalue weighted by Crippen LogP contribution is 2.46. The number of ether oxygens (including phenoxy) is 3. The highest BCUT2D eigenvalue weighted by atomic mass is 32.1. The molecule has 0 aromatic carbocycles. The van der Waals surface area contributed by atoms with Gasteiger partial charge in [-0.25, -0.2) is 4.98 Å².